The SMILES string of the molecule is O=S(=O)(c1ccc(Cl)cc1)C1COC(CCSc2ccncn2)C2COc3c(F)ccc(F)c3C21. The van der Waals surface area contributed by atoms with Crippen LogP contribution in [0, 0.1) is 17.6 Å². The van der Waals surface area contributed by atoms with Crippen LogP contribution in [-0.4, -0.2) is 48.7 Å². The van der Waals surface area contributed by atoms with E-state index in [0.29, 0.717) is 17.2 Å². The van der Waals surface area contributed by atoms with Gasteiger partial charge in [0.15, 0.2) is 21.4 Å². The predicted molar refractivity (Wildman–Crippen MR) is 128 cm³/mol. The lowest BCUT2D eigenvalue weighted by molar-refractivity contribution is -0.0588. The molecular formula is C24H21ClF2N2O4S2. The number of halogens is 3. The average Bonchev–Trinajstić information content (AvgIpc) is 2.86. The maximum absolute atomic E-state index is 15.1. The van der Waals surface area contributed by atoms with Gasteiger partial charge in [0.2, 0.25) is 0 Å². The van der Waals surface area contributed by atoms with Crippen molar-refractivity contribution in [3.63, 3.8) is 0 Å². The second-order valence-electron chi connectivity index (χ2n) is 8.37. The van der Waals surface area contributed by atoms with Crippen LogP contribution in [0.3, 0.4) is 0 Å². The largest absolute Gasteiger partial charge is 0.490 e. The van der Waals surface area contributed by atoms with Crippen LogP contribution in [-0.2, 0) is 14.6 Å². The van der Waals surface area contributed by atoms with E-state index < -0.39 is 44.7 Å². The Morgan fingerprint density at radius 3 is 2.57 bits per heavy atom. The number of hydrogen-bond acceptors (Lipinski definition) is 7. The van der Waals surface area contributed by atoms with Gasteiger partial charge in [-0.3, -0.25) is 0 Å². The van der Waals surface area contributed by atoms with Gasteiger partial charge in [0.1, 0.15) is 12.1 Å². The van der Waals surface area contributed by atoms with Crippen molar-refractivity contribution in [3.05, 3.63) is 77.2 Å². The summed E-state index contributed by atoms with van der Waals surface area (Å²) in [6.07, 6.45) is 3.27. The van der Waals surface area contributed by atoms with Gasteiger partial charge < -0.3 is 9.47 Å². The number of rotatable bonds is 6. The van der Waals surface area contributed by atoms with Crippen molar-refractivity contribution in [2.45, 2.75) is 33.6 Å². The minimum absolute atomic E-state index is 0.0213. The number of hydrogen-bond donors (Lipinski definition) is 0. The Kier molecular flexibility index (Phi) is 6.98. The van der Waals surface area contributed by atoms with E-state index in [1.807, 2.05) is 0 Å². The molecule has 0 amide bonds. The molecule has 0 radical (unpaired) electrons. The van der Waals surface area contributed by atoms with Crippen molar-refractivity contribution in [1.82, 2.24) is 9.97 Å². The molecule has 0 bridgehead atoms. The molecule has 1 fully saturated rings. The third-order valence-electron chi connectivity index (χ3n) is 6.41. The summed E-state index contributed by atoms with van der Waals surface area (Å²) in [7, 11) is -3.96. The molecule has 184 valence electrons. The highest BCUT2D eigenvalue weighted by Crippen LogP contribution is 2.49. The van der Waals surface area contributed by atoms with Crippen molar-refractivity contribution in [1.29, 1.82) is 0 Å². The van der Waals surface area contributed by atoms with E-state index in [2.05, 4.69) is 9.97 Å². The van der Waals surface area contributed by atoms with E-state index in [-0.39, 0.29) is 29.4 Å². The van der Waals surface area contributed by atoms with E-state index in [1.54, 1.807) is 12.3 Å². The van der Waals surface area contributed by atoms with Crippen LogP contribution >= 0.6 is 23.4 Å². The molecule has 4 atom stereocenters. The second kappa shape index (κ2) is 10.0. The molecular weight excluding hydrogens is 518 g/mol. The first-order valence-electron chi connectivity index (χ1n) is 11.0. The Bertz CT molecular complexity index is 1310. The minimum Gasteiger partial charge on any atom is -0.490 e. The summed E-state index contributed by atoms with van der Waals surface area (Å²) >= 11 is 7.45. The monoisotopic (exact) mass is 538 g/mol. The molecule has 2 aliphatic rings. The molecule has 1 saturated heterocycles. The number of aromatic nitrogens is 2. The highest BCUT2D eigenvalue weighted by Gasteiger charge is 2.51. The quantitative estimate of drug-likeness (QED) is 0.325. The molecule has 11 heteroatoms. The Hall–Kier alpha value is -2.27. The maximum atomic E-state index is 15.1. The van der Waals surface area contributed by atoms with Crippen LogP contribution < -0.4 is 4.74 Å². The third-order valence-corrected chi connectivity index (χ3v) is 9.79. The van der Waals surface area contributed by atoms with E-state index in [0.717, 1.165) is 17.2 Å². The summed E-state index contributed by atoms with van der Waals surface area (Å²) in [5.74, 6) is -2.31. The summed E-state index contributed by atoms with van der Waals surface area (Å²) in [6, 6.07) is 9.61. The van der Waals surface area contributed by atoms with E-state index in [1.165, 1.54) is 42.4 Å². The zero-order valence-corrected chi connectivity index (χ0v) is 20.7. The Morgan fingerprint density at radius 2 is 1.83 bits per heavy atom. The van der Waals surface area contributed by atoms with Gasteiger partial charge in [0, 0.05) is 34.4 Å². The summed E-state index contributed by atoms with van der Waals surface area (Å²) in [6.45, 7) is -0.127. The zero-order chi connectivity index (χ0) is 24.6. The van der Waals surface area contributed by atoms with Gasteiger partial charge in [-0.15, -0.1) is 11.8 Å². The lowest BCUT2D eigenvalue weighted by Gasteiger charge is -2.45. The molecule has 2 aromatic carbocycles. The molecule has 5 rings (SSSR count). The predicted octanol–water partition coefficient (Wildman–Crippen LogP) is 4.92. The first-order valence-corrected chi connectivity index (χ1v) is 13.9. The van der Waals surface area contributed by atoms with Gasteiger partial charge in [-0.1, -0.05) is 11.6 Å². The van der Waals surface area contributed by atoms with Crippen molar-refractivity contribution < 1.29 is 26.7 Å². The molecule has 35 heavy (non-hydrogen) atoms. The van der Waals surface area contributed by atoms with Gasteiger partial charge in [-0.25, -0.2) is 27.2 Å². The fourth-order valence-corrected chi connectivity index (χ4v) is 7.58. The average molecular weight is 539 g/mol. The normalized spacial score (nSPS) is 23.7. The third kappa shape index (κ3) is 4.76. The topological polar surface area (TPSA) is 78.4 Å². The van der Waals surface area contributed by atoms with Crippen LogP contribution in [0.4, 0.5) is 8.78 Å². The fraction of sp³-hybridized carbons (Fsp3) is 0.333. The first kappa shape index (κ1) is 24.4. The molecule has 3 aromatic rings. The highest BCUT2D eigenvalue weighted by molar-refractivity contribution is 7.99. The van der Waals surface area contributed by atoms with Crippen LogP contribution in [0.25, 0.3) is 0 Å². The van der Waals surface area contributed by atoms with Crippen molar-refractivity contribution in [2.24, 2.45) is 5.92 Å². The molecule has 0 saturated carbocycles. The second-order valence-corrected chi connectivity index (χ2v) is 12.1. The lowest BCUT2D eigenvalue weighted by atomic mass is 9.76. The molecule has 0 aliphatic carbocycles. The van der Waals surface area contributed by atoms with Gasteiger partial charge in [-0.05, 0) is 48.9 Å². The summed E-state index contributed by atoms with van der Waals surface area (Å²) < 4.78 is 68.8. The number of sulfone groups is 1. The lowest BCUT2D eigenvalue weighted by Crippen LogP contribution is -2.51. The van der Waals surface area contributed by atoms with E-state index in [4.69, 9.17) is 21.1 Å². The van der Waals surface area contributed by atoms with Crippen molar-refractivity contribution in [2.75, 3.05) is 19.0 Å². The number of thioether (sulfide) groups is 1. The van der Waals surface area contributed by atoms with Crippen molar-refractivity contribution in [3.8, 4) is 5.75 Å². The standard InChI is InChI=1S/C24H21ClF2N2O4S2/c25-14-1-3-15(4-2-14)35(30,31)20-12-32-19(8-10-34-21-7-9-28-13-29-21)16-11-33-24-18(27)6-5-17(26)23(24)22(16)20/h1-7,9,13,16,19-20,22H,8,10-12H2. The number of nitrogens with zero attached hydrogens (tertiary/aromatic N) is 2. The van der Waals surface area contributed by atoms with Crippen LogP contribution in [0.5, 0.6) is 5.75 Å². The number of benzene rings is 2. The van der Waals surface area contributed by atoms with Crippen molar-refractivity contribution >= 4 is 33.2 Å². The van der Waals surface area contributed by atoms with Crippen LogP contribution in [0.1, 0.15) is 17.9 Å². The van der Waals surface area contributed by atoms with E-state index >= 15 is 4.39 Å². The molecule has 4 unspecified atom stereocenters. The summed E-state index contributed by atoms with van der Waals surface area (Å²) in [4.78, 5) is 8.14. The molecule has 6 nitrogen and oxygen atoms in total. The summed E-state index contributed by atoms with van der Waals surface area (Å²) in [5, 5.41) is 0.0831. The fourth-order valence-electron chi connectivity index (χ4n) is 4.77. The number of fused-ring (bicyclic) bond motifs is 3. The van der Waals surface area contributed by atoms with E-state index in [9.17, 15) is 12.8 Å². The zero-order valence-electron chi connectivity index (χ0n) is 18.3. The van der Waals surface area contributed by atoms with Crippen LogP contribution in [0.15, 0.2) is 64.9 Å². The Morgan fingerprint density at radius 1 is 1.06 bits per heavy atom. The minimum atomic E-state index is -3.96. The van der Waals surface area contributed by atoms with Gasteiger partial charge in [0.25, 0.3) is 0 Å². The maximum Gasteiger partial charge on any atom is 0.184 e. The molecule has 0 N–H and O–H groups in total. The van der Waals surface area contributed by atoms with Gasteiger partial charge in [-0.2, -0.15) is 0 Å². The van der Waals surface area contributed by atoms with Crippen LogP contribution in [0.2, 0.25) is 5.02 Å². The molecule has 3 heterocycles. The molecule has 2 aliphatic heterocycles. The van der Waals surface area contributed by atoms with Gasteiger partial charge in [0.05, 0.1) is 34.5 Å². The highest BCUT2D eigenvalue weighted by atomic mass is 35.5. The smallest absolute Gasteiger partial charge is 0.184 e. The molecule has 1 aromatic heterocycles. The Balaban J connectivity index is 1.48. The summed E-state index contributed by atoms with van der Waals surface area (Å²) in [5.41, 5.74) is -0.0412. The van der Waals surface area contributed by atoms with Gasteiger partial charge >= 0.3 is 0 Å². The first-order chi connectivity index (χ1) is 16.9. The number of ether oxygens (including phenoxy) is 2. The molecule has 0 spiro atoms. The Labute approximate surface area is 211 Å².